The largest absolute Gasteiger partial charge is 0.492 e. The summed E-state index contributed by atoms with van der Waals surface area (Å²) >= 11 is 0. The summed E-state index contributed by atoms with van der Waals surface area (Å²) in [5, 5.41) is 0. The molecular weight excluding hydrogens is 404 g/mol. The Hall–Kier alpha value is -2.94. The molecule has 0 bridgehead atoms. The Labute approximate surface area is 175 Å². The molecule has 2 aliphatic rings. The Morgan fingerprint density at radius 1 is 1.27 bits per heavy atom. The maximum Gasteiger partial charge on any atom is 0.259 e. The van der Waals surface area contributed by atoms with E-state index in [-0.39, 0.29) is 23.4 Å². The molecule has 158 valence electrons. The summed E-state index contributed by atoms with van der Waals surface area (Å²) in [6.45, 7) is 1.80. The maximum atomic E-state index is 12.7. The number of carbonyl (C=O) groups excluding carboxylic acids is 1. The molecule has 4 rings (SSSR count). The van der Waals surface area contributed by atoms with E-state index >= 15 is 0 Å². The summed E-state index contributed by atoms with van der Waals surface area (Å²) in [4.78, 5) is 18.6. The van der Waals surface area contributed by atoms with Gasteiger partial charge in [-0.2, -0.15) is 0 Å². The minimum atomic E-state index is -3.58. The van der Waals surface area contributed by atoms with Gasteiger partial charge in [0.1, 0.15) is 11.6 Å². The number of likely N-dealkylation sites (tertiary alicyclic amines) is 1. The van der Waals surface area contributed by atoms with Crippen LogP contribution in [0.5, 0.6) is 5.75 Å². The standard InChI is InChI=1S/C21H24N4O4S/c22-21-20-17(14-30(27,28)24-21)6-1-7-18(20)29-13-16-5-3-9-25(12-16)19(26)10-15-4-2-8-23-11-15/h1-2,4,6-8,11,16H,3,5,9-10,12-14H2,(H2,22,24)/t16-/m0/s1. The smallest absolute Gasteiger partial charge is 0.259 e. The van der Waals surface area contributed by atoms with Crippen LogP contribution in [0.15, 0.2) is 47.1 Å². The molecule has 1 aromatic carbocycles. The van der Waals surface area contributed by atoms with Crippen LogP contribution >= 0.6 is 0 Å². The fraction of sp³-hybridized carbons (Fsp3) is 0.381. The van der Waals surface area contributed by atoms with Gasteiger partial charge in [0.05, 0.1) is 24.3 Å². The van der Waals surface area contributed by atoms with Gasteiger partial charge >= 0.3 is 0 Å². The van der Waals surface area contributed by atoms with Crippen molar-refractivity contribution in [1.29, 1.82) is 0 Å². The molecule has 0 saturated carbocycles. The van der Waals surface area contributed by atoms with Crippen LogP contribution in [0, 0.1) is 5.92 Å². The lowest BCUT2D eigenvalue weighted by molar-refractivity contribution is -0.132. The number of fused-ring (bicyclic) bond motifs is 1. The average molecular weight is 429 g/mol. The summed E-state index contributed by atoms with van der Waals surface area (Å²) in [7, 11) is -3.58. The van der Waals surface area contributed by atoms with Gasteiger partial charge in [-0.3, -0.25) is 9.78 Å². The molecule has 2 aliphatic heterocycles. The average Bonchev–Trinajstić information content (AvgIpc) is 2.72. The van der Waals surface area contributed by atoms with Crippen molar-refractivity contribution in [2.45, 2.75) is 25.0 Å². The molecule has 0 spiro atoms. The van der Waals surface area contributed by atoms with E-state index in [2.05, 4.69) is 9.38 Å². The normalized spacial score (nSPS) is 20.2. The van der Waals surface area contributed by atoms with Crippen molar-refractivity contribution in [3.63, 3.8) is 0 Å². The monoisotopic (exact) mass is 428 g/mol. The van der Waals surface area contributed by atoms with E-state index in [9.17, 15) is 13.2 Å². The highest BCUT2D eigenvalue weighted by Gasteiger charge is 2.27. The highest BCUT2D eigenvalue weighted by molar-refractivity contribution is 7.89. The summed E-state index contributed by atoms with van der Waals surface area (Å²) in [5.74, 6) is 0.593. The minimum Gasteiger partial charge on any atom is -0.492 e. The van der Waals surface area contributed by atoms with E-state index in [4.69, 9.17) is 10.5 Å². The number of hydrogen-bond acceptors (Lipinski definition) is 6. The molecule has 8 nitrogen and oxygen atoms in total. The van der Waals surface area contributed by atoms with E-state index in [1.54, 1.807) is 30.6 Å². The van der Waals surface area contributed by atoms with Gasteiger partial charge in [-0.25, -0.2) is 8.42 Å². The van der Waals surface area contributed by atoms with Gasteiger partial charge in [-0.1, -0.05) is 18.2 Å². The van der Waals surface area contributed by atoms with Gasteiger partial charge in [0.2, 0.25) is 5.91 Å². The molecular formula is C21H24N4O4S. The number of ether oxygens (including phenoxy) is 1. The zero-order valence-corrected chi connectivity index (χ0v) is 17.3. The lowest BCUT2D eigenvalue weighted by Gasteiger charge is -2.33. The highest BCUT2D eigenvalue weighted by Crippen LogP contribution is 2.29. The summed E-state index contributed by atoms with van der Waals surface area (Å²) in [6.07, 6.45) is 5.63. The molecule has 1 atom stereocenters. The Kier molecular flexibility index (Phi) is 5.72. The number of amidine groups is 1. The second kappa shape index (κ2) is 8.43. The molecule has 30 heavy (non-hydrogen) atoms. The van der Waals surface area contributed by atoms with Crippen molar-refractivity contribution in [2.75, 3.05) is 19.7 Å². The van der Waals surface area contributed by atoms with Crippen molar-refractivity contribution in [2.24, 2.45) is 16.0 Å². The first-order valence-corrected chi connectivity index (χ1v) is 11.5. The molecule has 0 aliphatic carbocycles. The van der Waals surface area contributed by atoms with E-state index in [1.807, 2.05) is 17.0 Å². The van der Waals surface area contributed by atoms with Gasteiger partial charge in [0.15, 0.2) is 0 Å². The van der Waals surface area contributed by atoms with E-state index in [1.165, 1.54) is 0 Å². The van der Waals surface area contributed by atoms with Crippen LogP contribution in [0.25, 0.3) is 0 Å². The summed E-state index contributed by atoms with van der Waals surface area (Å²) < 4.78 is 33.3. The number of piperidine rings is 1. The third-order valence-electron chi connectivity index (χ3n) is 5.37. The molecule has 0 unspecified atom stereocenters. The van der Waals surface area contributed by atoms with Crippen LogP contribution in [0.4, 0.5) is 0 Å². The lowest BCUT2D eigenvalue weighted by atomic mass is 9.98. The van der Waals surface area contributed by atoms with Crippen molar-refractivity contribution >= 4 is 21.8 Å². The number of benzene rings is 1. The Morgan fingerprint density at radius 3 is 2.93 bits per heavy atom. The number of amides is 1. The number of nitrogens with zero attached hydrogens (tertiary/aromatic N) is 3. The summed E-state index contributed by atoms with van der Waals surface area (Å²) in [5.41, 5.74) is 7.95. The van der Waals surface area contributed by atoms with Gasteiger partial charge in [-0.05, 0) is 36.1 Å². The Morgan fingerprint density at radius 2 is 2.13 bits per heavy atom. The number of sulfonamides is 1. The second-order valence-corrected chi connectivity index (χ2v) is 9.33. The SMILES string of the molecule is NC1=NS(=O)(=O)Cc2cccc(OC[C@H]3CCCN(C(=O)Cc4cccnc4)C3)c21. The minimum absolute atomic E-state index is 0.0382. The van der Waals surface area contributed by atoms with Crippen molar-refractivity contribution in [3.8, 4) is 5.75 Å². The van der Waals surface area contributed by atoms with Crippen LogP contribution in [0.1, 0.15) is 29.5 Å². The third-order valence-corrected chi connectivity index (χ3v) is 6.52. The molecule has 2 N–H and O–H groups in total. The van der Waals surface area contributed by atoms with Crippen LogP contribution in [-0.4, -0.2) is 49.7 Å². The highest BCUT2D eigenvalue weighted by atomic mass is 32.2. The number of pyridine rings is 1. The molecule has 1 aromatic heterocycles. The third kappa shape index (κ3) is 4.62. The summed E-state index contributed by atoms with van der Waals surface area (Å²) in [6, 6.07) is 8.98. The van der Waals surface area contributed by atoms with E-state index < -0.39 is 10.0 Å². The van der Waals surface area contributed by atoms with Crippen molar-refractivity contribution < 1.29 is 17.9 Å². The molecule has 1 amide bonds. The van der Waals surface area contributed by atoms with Crippen LogP contribution in [0.3, 0.4) is 0 Å². The quantitative estimate of drug-likeness (QED) is 0.772. The number of nitrogens with two attached hydrogens (primary N) is 1. The fourth-order valence-corrected chi connectivity index (χ4v) is 5.05. The Balaban J connectivity index is 1.40. The number of rotatable bonds is 5. The van der Waals surface area contributed by atoms with E-state index in [0.717, 1.165) is 24.9 Å². The molecule has 9 heteroatoms. The van der Waals surface area contributed by atoms with Crippen LogP contribution in [0.2, 0.25) is 0 Å². The predicted octanol–water partition coefficient (Wildman–Crippen LogP) is 1.49. The molecule has 1 saturated heterocycles. The van der Waals surface area contributed by atoms with Gasteiger partial charge in [0, 0.05) is 31.4 Å². The molecule has 0 radical (unpaired) electrons. The zero-order valence-electron chi connectivity index (χ0n) is 16.5. The van der Waals surface area contributed by atoms with Gasteiger partial charge < -0.3 is 15.4 Å². The molecule has 3 heterocycles. The lowest BCUT2D eigenvalue weighted by Crippen LogP contribution is -2.42. The fourth-order valence-electron chi connectivity index (χ4n) is 3.96. The zero-order chi connectivity index (χ0) is 21.1. The molecule has 1 fully saturated rings. The Bertz CT molecular complexity index is 1070. The van der Waals surface area contributed by atoms with E-state index in [0.29, 0.717) is 36.4 Å². The topological polar surface area (TPSA) is 115 Å². The van der Waals surface area contributed by atoms with Gasteiger partial charge in [-0.15, -0.1) is 4.40 Å². The number of carbonyl (C=O) groups is 1. The van der Waals surface area contributed by atoms with Crippen LogP contribution < -0.4 is 10.5 Å². The van der Waals surface area contributed by atoms with Crippen molar-refractivity contribution in [3.05, 3.63) is 59.4 Å². The maximum absolute atomic E-state index is 12.7. The van der Waals surface area contributed by atoms with Gasteiger partial charge in [0.25, 0.3) is 10.0 Å². The molecule has 2 aromatic rings. The van der Waals surface area contributed by atoms with Crippen molar-refractivity contribution in [1.82, 2.24) is 9.88 Å². The predicted molar refractivity (Wildman–Crippen MR) is 113 cm³/mol. The first-order valence-electron chi connectivity index (χ1n) is 9.91. The first kappa shape index (κ1) is 20.3. The number of hydrogen-bond donors (Lipinski definition) is 1. The first-order chi connectivity index (χ1) is 14.4. The number of aromatic nitrogens is 1. The van der Waals surface area contributed by atoms with Crippen LogP contribution in [-0.2, 0) is 27.0 Å². The second-order valence-electron chi connectivity index (χ2n) is 7.69.